The Hall–Kier alpha value is -2.66. The highest BCUT2D eigenvalue weighted by Gasteiger charge is 2.31. The lowest BCUT2D eigenvalue weighted by atomic mass is 10.1. The van der Waals surface area contributed by atoms with Crippen molar-refractivity contribution in [2.24, 2.45) is 0 Å². The number of fused-ring (bicyclic) bond motifs is 1. The van der Waals surface area contributed by atoms with Gasteiger partial charge in [0.15, 0.2) is 0 Å². The maximum absolute atomic E-state index is 15.0. The number of halogens is 3. The molecule has 1 N–H and O–H groups in total. The predicted octanol–water partition coefficient (Wildman–Crippen LogP) is 3.68. The van der Waals surface area contributed by atoms with Gasteiger partial charge >= 0.3 is 5.97 Å². The number of nitrogens with zero attached hydrogens (tertiary/aromatic N) is 3. The second kappa shape index (κ2) is 9.18. The zero-order chi connectivity index (χ0) is 24.8. The van der Waals surface area contributed by atoms with Crippen LogP contribution in [0, 0.1) is 5.82 Å². The number of hydrogen-bond donors (Lipinski definition) is 1. The van der Waals surface area contributed by atoms with Crippen LogP contribution in [0.1, 0.15) is 17.3 Å². The second-order valence-corrected chi connectivity index (χ2v) is 10.5. The molecule has 0 spiro atoms. The van der Waals surface area contributed by atoms with Crippen molar-refractivity contribution in [3.8, 4) is 0 Å². The topological polar surface area (TPSA) is 99.9 Å². The fraction of sp³-hybridized carbons (Fsp3) is 0.273. The summed E-state index contributed by atoms with van der Waals surface area (Å²) in [5.41, 5.74) is -0.578. The lowest BCUT2D eigenvalue weighted by Crippen LogP contribution is -2.49. The number of carboxylic acid groups (broad SMARTS) is 1. The molecule has 2 heterocycles. The van der Waals surface area contributed by atoms with Crippen molar-refractivity contribution < 1.29 is 22.7 Å². The van der Waals surface area contributed by atoms with Gasteiger partial charge in [0.2, 0.25) is 15.5 Å². The zero-order valence-corrected chi connectivity index (χ0v) is 20.3. The molecule has 1 aliphatic rings. The average Bonchev–Trinajstić information content (AvgIpc) is 2.79. The van der Waals surface area contributed by atoms with Gasteiger partial charge in [-0.15, -0.1) is 0 Å². The largest absolute Gasteiger partial charge is 0.477 e. The summed E-state index contributed by atoms with van der Waals surface area (Å²) in [4.78, 5) is 25.6. The molecule has 180 valence electrons. The van der Waals surface area contributed by atoms with Crippen LogP contribution in [0.15, 0.2) is 46.2 Å². The molecule has 1 aliphatic heterocycles. The third kappa shape index (κ3) is 4.26. The number of aromatic carboxylic acids is 1. The van der Waals surface area contributed by atoms with Crippen LogP contribution in [0.5, 0.6) is 0 Å². The molecular formula is C22H20Cl2FN3O5S. The summed E-state index contributed by atoms with van der Waals surface area (Å²) in [5.74, 6) is -2.07. The van der Waals surface area contributed by atoms with Crippen LogP contribution in [-0.4, -0.2) is 54.5 Å². The number of aromatic nitrogens is 1. The van der Waals surface area contributed by atoms with Gasteiger partial charge in [-0.2, -0.15) is 4.31 Å². The number of anilines is 1. The Bertz CT molecular complexity index is 1470. The first-order valence-electron chi connectivity index (χ1n) is 10.3. The molecule has 34 heavy (non-hydrogen) atoms. The van der Waals surface area contributed by atoms with E-state index in [9.17, 15) is 23.1 Å². The van der Waals surface area contributed by atoms with E-state index >= 15 is 4.39 Å². The number of rotatable bonds is 5. The number of aryl methyl sites for hydroxylation is 1. The van der Waals surface area contributed by atoms with E-state index in [0.29, 0.717) is 17.1 Å². The van der Waals surface area contributed by atoms with Crippen LogP contribution in [0.25, 0.3) is 10.9 Å². The third-order valence-electron chi connectivity index (χ3n) is 5.81. The van der Waals surface area contributed by atoms with Crippen molar-refractivity contribution in [2.45, 2.75) is 18.4 Å². The lowest BCUT2D eigenvalue weighted by Gasteiger charge is -2.35. The predicted molar refractivity (Wildman–Crippen MR) is 128 cm³/mol. The summed E-state index contributed by atoms with van der Waals surface area (Å²) in [7, 11) is -3.87. The van der Waals surface area contributed by atoms with Crippen molar-refractivity contribution >= 4 is 55.8 Å². The highest BCUT2D eigenvalue weighted by Crippen LogP contribution is 2.30. The minimum Gasteiger partial charge on any atom is -0.477 e. The molecule has 12 heteroatoms. The SMILES string of the molecule is CCn1cc(C(=O)O)c(=O)c2cc(F)c(N3CCN(S(=O)(=O)c4ccc(Cl)cc4Cl)CC3)cc21. The van der Waals surface area contributed by atoms with Crippen molar-refractivity contribution in [1.82, 2.24) is 8.87 Å². The van der Waals surface area contributed by atoms with E-state index in [0.717, 1.165) is 6.07 Å². The fourth-order valence-corrected chi connectivity index (χ4v) is 6.22. The zero-order valence-electron chi connectivity index (χ0n) is 18.0. The Balaban J connectivity index is 1.64. The van der Waals surface area contributed by atoms with Gasteiger partial charge in [0.05, 0.1) is 16.2 Å². The molecule has 3 aromatic rings. The lowest BCUT2D eigenvalue weighted by molar-refractivity contribution is 0.0695. The summed E-state index contributed by atoms with van der Waals surface area (Å²) in [6.45, 7) is 2.75. The van der Waals surface area contributed by atoms with Crippen LogP contribution in [0.3, 0.4) is 0 Å². The molecule has 2 aromatic carbocycles. The molecule has 8 nitrogen and oxygen atoms in total. The van der Waals surface area contributed by atoms with Gasteiger partial charge in [0.25, 0.3) is 0 Å². The number of sulfonamides is 1. The van der Waals surface area contributed by atoms with Gasteiger partial charge in [-0.3, -0.25) is 4.79 Å². The summed E-state index contributed by atoms with van der Waals surface area (Å²) in [6.07, 6.45) is 1.25. The molecule has 4 rings (SSSR count). The summed E-state index contributed by atoms with van der Waals surface area (Å²) < 4.78 is 44.0. The molecule has 0 saturated carbocycles. The number of carbonyl (C=O) groups is 1. The standard InChI is InChI=1S/C22H20Cl2FN3O5S/c1-2-26-12-15(22(30)31)21(29)14-10-17(25)19(11-18(14)26)27-5-7-28(8-6-27)34(32,33)20-4-3-13(23)9-16(20)24/h3-4,9-12H,2,5-8H2,1H3,(H,30,31). The van der Waals surface area contributed by atoms with Crippen LogP contribution in [0.4, 0.5) is 10.1 Å². The maximum atomic E-state index is 15.0. The number of hydrogen-bond acceptors (Lipinski definition) is 5. The van der Waals surface area contributed by atoms with Crippen molar-refractivity contribution in [3.63, 3.8) is 0 Å². The third-order valence-corrected chi connectivity index (χ3v) is 8.43. The van der Waals surface area contributed by atoms with Crippen LogP contribution in [0.2, 0.25) is 10.0 Å². The minimum absolute atomic E-state index is 0.0220. The first-order valence-corrected chi connectivity index (χ1v) is 12.5. The summed E-state index contributed by atoms with van der Waals surface area (Å²) in [6, 6.07) is 6.71. The molecule has 0 aliphatic carbocycles. The van der Waals surface area contributed by atoms with E-state index in [1.54, 1.807) is 16.4 Å². The number of pyridine rings is 1. The van der Waals surface area contributed by atoms with Crippen molar-refractivity contribution in [3.05, 3.63) is 68.2 Å². The van der Waals surface area contributed by atoms with Gasteiger partial charge < -0.3 is 14.6 Å². The van der Waals surface area contributed by atoms with E-state index in [-0.39, 0.29) is 47.2 Å². The van der Waals surface area contributed by atoms with Crippen LogP contribution >= 0.6 is 23.2 Å². The number of carboxylic acids is 1. The molecule has 1 aromatic heterocycles. The van der Waals surface area contributed by atoms with E-state index < -0.39 is 32.8 Å². The molecule has 0 bridgehead atoms. The molecule has 1 fully saturated rings. The van der Waals surface area contributed by atoms with Gasteiger partial charge in [-0.05, 0) is 37.3 Å². The second-order valence-electron chi connectivity index (χ2n) is 7.75. The number of benzene rings is 2. The Morgan fingerprint density at radius 1 is 1.12 bits per heavy atom. The summed E-state index contributed by atoms with van der Waals surface area (Å²) >= 11 is 12.0. The Kier molecular flexibility index (Phi) is 6.61. The van der Waals surface area contributed by atoms with Gasteiger partial charge in [0, 0.05) is 49.3 Å². The highest BCUT2D eigenvalue weighted by molar-refractivity contribution is 7.89. The Morgan fingerprint density at radius 2 is 1.79 bits per heavy atom. The van der Waals surface area contributed by atoms with E-state index in [1.807, 2.05) is 0 Å². The van der Waals surface area contributed by atoms with Gasteiger partial charge in [-0.1, -0.05) is 23.2 Å². The fourth-order valence-electron chi connectivity index (χ4n) is 4.05. The first-order chi connectivity index (χ1) is 16.0. The molecule has 0 unspecified atom stereocenters. The van der Waals surface area contributed by atoms with Crippen LogP contribution in [-0.2, 0) is 16.6 Å². The van der Waals surface area contributed by atoms with E-state index in [1.165, 1.54) is 34.8 Å². The average molecular weight is 528 g/mol. The smallest absolute Gasteiger partial charge is 0.341 e. The molecule has 0 atom stereocenters. The monoisotopic (exact) mass is 527 g/mol. The first kappa shape index (κ1) is 24.5. The molecule has 1 saturated heterocycles. The van der Waals surface area contributed by atoms with E-state index in [4.69, 9.17) is 23.2 Å². The Morgan fingerprint density at radius 3 is 2.38 bits per heavy atom. The van der Waals surface area contributed by atoms with E-state index in [2.05, 4.69) is 0 Å². The summed E-state index contributed by atoms with van der Waals surface area (Å²) in [5, 5.41) is 9.61. The van der Waals surface area contributed by atoms with Crippen molar-refractivity contribution in [2.75, 3.05) is 31.1 Å². The van der Waals surface area contributed by atoms with Gasteiger partial charge in [-0.25, -0.2) is 17.6 Å². The van der Waals surface area contributed by atoms with Crippen LogP contribution < -0.4 is 10.3 Å². The normalized spacial score (nSPS) is 15.1. The van der Waals surface area contributed by atoms with Crippen molar-refractivity contribution in [1.29, 1.82) is 0 Å². The molecular weight excluding hydrogens is 508 g/mol. The quantitative estimate of drug-likeness (QED) is 0.543. The van der Waals surface area contributed by atoms with Gasteiger partial charge in [0.1, 0.15) is 16.3 Å². The highest BCUT2D eigenvalue weighted by atomic mass is 35.5. The molecule has 0 amide bonds. The molecule has 0 radical (unpaired) electrons. The Labute approximate surface area is 204 Å². The minimum atomic E-state index is -3.87. The maximum Gasteiger partial charge on any atom is 0.341 e. The number of piperazine rings is 1.